The average Bonchev–Trinajstić information content (AvgIpc) is 2.86. The lowest BCUT2D eigenvalue weighted by atomic mass is 9.53. The molecule has 19 heavy (non-hydrogen) atoms. The molecule has 1 atom stereocenters. The van der Waals surface area contributed by atoms with Crippen LogP contribution in [0.25, 0.3) is 0 Å². The molecule has 2 N–H and O–H groups in total. The minimum atomic E-state index is 0.362. The molecule has 4 aliphatic carbocycles. The molecule has 4 bridgehead atoms. The molecule has 3 nitrogen and oxygen atoms in total. The Morgan fingerprint density at radius 2 is 1.84 bits per heavy atom. The zero-order valence-corrected chi connectivity index (χ0v) is 11.9. The van der Waals surface area contributed by atoms with Crippen molar-refractivity contribution < 1.29 is 0 Å². The lowest BCUT2D eigenvalue weighted by Crippen LogP contribution is -2.52. The van der Waals surface area contributed by atoms with Crippen LogP contribution in [0.15, 0.2) is 12.4 Å². The van der Waals surface area contributed by atoms with E-state index in [4.69, 9.17) is 10.8 Å². The van der Waals surface area contributed by atoms with Crippen molar-refractivity contribution in [3.63, 3.8) is 0 Å². The van der Waals surface area contributed by atoms with Gasteiger partial charge in [0.15, 0.2) is 0 Å². The molecule has 0 radical (unpaired) electrons. The Balaban J connectivity index is 1.66. The van der Waals surface area contributed by atoms with Crippen LogP contribution >= 0.6 is 0 Å². The summed E-state index contributed by atoms with van der Waals surface area (Å²) in [6.07, 6.45) is 12.9. The highest BCUT2D eigenvalue weighted by molar-refractivity contribution is 5.14. The molecule has 1 aromatic heterocycles. The molecule has 5 rings (SSSR count). The number of hydrogen-bond acceptors (Lipinski definition) is 2. The van der Waals surface area contributed by atoms with Crippen LogP contribution in [0.4, 0.5) is 0 Å². The Bertz CT molecular complexity index is 441. The Hall–Kier alpha value is -0.830. The van der Waals surface area contributed by atoms with Crippen molar-refractivity contribution in [2.24, 2.45) is 23.5 Å². The van der Waals surface area contributed by atoms with Crippen molar-refractivity contribution in [3.05, 3.63) is 18.0 Å². The van der Waals surface area contributed by atoms with Gasteiger partial charge in [0, 0.05) is 6.20 Å². The monoisotopic (exact) mass is 259 g/mol. The smallest absolute Gasteiger partial charge is 0.0635 e. The van der Waals surface area contributed by atoms with Gasteiger partial charge in [-0.2, -0.15) is 5.10 Å². The zero-order valence-electron chi connectivity index (χ0n) is 11.9. The summed E-state index contributed by atoms with van der Waals surface area (Å²) in [7, 11) is 0. The summed E-state index contributed by atoms with van der Waals surface area (Å²) in [5.41, 5.74) is 7.46. The number of rotatable bonds is 3. The lowest BCUT2D eigenvalue weighted by Gasteiger charge is -2.56. The highest BCUT2D eigenvalue weighted by Gasteiger charge is 2.52. The van der Waals surface area contributed by atoms with E-state index in [0.29, 0.717) is 18.0 Å². The molecule has 0 aliphatic heterocycles. The fourth-order valence-electron chi connectivity index (χ4n) is 5.33. The fraction of sp³-hybridized carbons (Fsp3) is 0.812. The maximum absolute atomic E-state index is 5.78. The van der Waals surface area contributed by atoms with E-state index in [2.05, 4.69) is 24.0 Å². The third kappa shape index (κ3) is 1.78. The quantitative estimate of drug-likeness (QED) is 0.907. The van der Waals surface area contributed by atoms with E-state index < -0.39 is 0 Å². The second-order valence-electron chi connectivity index (χ2n) is 7.50. The summed E-state index contributed by atoms with van der Waals surface area (Å²) in [6, 6.07) is 0. The first-order valence-corrected chi connectivity index (χ1v) is 7.93. The van der Waals surface area contributed by atoms with Crippen LogP contribution < -0.4 is 5.73 Å². The van der Waals surface area contributed by atoms with Gasteiger partial charge in [0.1, 0.15) is 0 Å². The van der Waals surface area contributed by atoms with Crippen LogP contribution in [-0.2, 0) is 5.54 Å². The summed E-state index contributed by atoms with van der Waals surface area (Å²) in [5.74, 6) is 3.37. The van der Waals surface area contributed by atoms with Gasteiger partial charge in [0.05, 0.1) is 11.7 Å². The SMILES string of the molecule is CC(CN)c1cnn(C23CC4CC(CC(C4)C2)C3)c1. The summed E-state index contributed by atoms with van der Waals surface area (Å²) >= 11 is 0. The molecule has 0 saturated heterocycles. The van der Waals surface area contributed by atoms with E-state index in [1.54, 1.807) is 0 Å². The Kier molecular flexibility index (Phi) is 2.57. The van der Waals surface area contributed by atoms with E-state index in [-0.39, 0.29) is 0 Å². The first-order valence-electron chi connectivity index (χ1n) is 7.93. The Morgan fingerprint density at radius 1 is 1.26 bits per heavy atom. The highest BCUT2D eigenvalue weighted by Crippen LogP contribution is 2.58. The Morgan fingerprint density at radius 3 is 2.37 bits per heavy atom. The summed E-state index contributed by atoms with van der Waals surface area (Å²) in [6.45, 7) is 2.91. The van der Waals surface area contributed by atoms with E-state index in [1.807, 2.05) is 0 Å². The van der Waals surface area contributed by atoms with Crippen LogP contribution in [0.1, 0.15) is 56.9 Å². The minimum absolute atomic E-state index is 0.362. The number of aromatic nitrogens is 2. The first-order chi connectivity index (χ1) is 9.18. The second-order valence-corrected chi connectivity index (χ2v) is 7.50. The molecule has 104 valence electrons. The van der Waals surface area contributed by atoms with Gasteiger partial charge >= 0.3 is 0 Å². The molecule has 4 aliphatic rings. The van der Waals surface area contributed by atoms with Gasteiger partial charge in [-0.05, 0) is 74.3 Å². The topological polar surface area (TPSA) is 43.8 Å². The highest BCUT2D eigenvalue weighted by atomic mass is 15.3. The normalized spacial score (nSPS) is 41.7. The average molecular weight is 259 g/mol. The van der Waals surface area contributed by atoms with E-state index in [9.17, 15) is 0 Å². The van der Waals surface area contributed by atoms with Crippen molar-refractivity contribution in [1.82, 2.24) is 9.78 Å². The number of nitrogens with two attached hydrogens (primary N) is 1. The third-order valence-electron chi connectivity index (χ3n) is 6.02. The number of hydrogen-bond donors (Lipinski definition) is 1. The predicted octanol–water partition coefficient (Wildman–Crippen LogP) is 2.87. The molecular formula is C16H25N3. The largest absolute Gasteiger partial charge is 0.330 e. The first kappa shape index (κ1) is 12.0. The van der Waals surface area contributed by atoms with Crippen LogP contribution in [0.5, 0.6) is 0 Å². The Labute approximate surface area is 115 Å². The molecule has 4 saturated carbocycles. The van der Waals surface area contributed by atoms with Crippen LogP contribution in [0.2, 0.25) is 0 Å². The zero-order chi connectivity index (χ0) is 13.0. The molecule has 3 heteroatoms. The molecule has 1 heterocycles. The molecule has 1 unspecified atom stereocenters. The molecule has 0 amide bonds. The van der Waals surface area contributed by atoms with Crippen LogP contribution in [-0.4, -0.2) is 16.3 Å². The van der Waals surface area contributed by atoms with E-state index in [0.717, 1.165) is 17.8 Å². The van der Waals surface area contributed by atoms with Gasteiger partial charge in [0.25, 0.3) is 0 Å². The second kappa shape index (κ2) is 4.08. The minimum Gasteiger partial charge on any atom is -0.330 e. The van der Waals surface area contributed by atoms with Crippen molar-refractivity contribution in [2.75, 3.05) is 6.54 Å². The van der Waals surface area contributed by atoms with Gasteiger partial charge in [-0.3, -0.25) is 4.68 Å². The van der Waals surface area contributed by atoms with E-state index in [1.165, 1.54) is 44.1 Å². The molecular weight excluding hydrogens is 234 g/mol. The van der Waals surface area contributed by atoms with Gasteiger partial charge in [-0.1, -0.05) is 6.92 Å². The summed E-state index contributed by atoms with van der Waals surface area (Å²) < 4.78 is 2.33. The van der Waals surface area contributed by atoms with Crippen molar-refractivity contribution in [3.8, 4) is 0 Å². The molecule has 0 spiro atoms. The molecule has 4 fully saturated rings. The van der Waals surface area contributed by atoms with Gasteiger partial charge < -0.3 is 5.73 Å². The van der Waals surface area contributed by atoms with Gasteiger partial charge in [-0.15, -0.1) is 0 Å². The van der Waals surface area contributed by atoms with Gasteiger partial charge in [0.2, 0.25) is 0 Å². The maximum Gasteiger partial charge on any atom is 0.0635 e. The maximum atomic E-state index is 5.78. The third-order valence-corrected chi connectivity index (χ3v) is 6.02. The molecule has 0 aromatic carbocycles. The number of nitrogens with zero attached hydrogens (tertiary/aromatic N) is 2. The van der Waals surface area contributed by atoms with Crippen LogP contribution in [0.3, 0.4) is 0 Å². The summed E-state index contributed by atoms with van der Waals surface area (Å²) in [4.78, 5) is 0. The fourth-order valence-corrected chi connectivity index (χ4v) is 5.33. The summed E-state index contributed by atoms with van der Waals surface area (Å²) in [5, 5.41) is 4.74. The van der Waals surface area contributed by atoms with E-state index >= 15 is 0 Å². The predicted molar refractivity (Wildman–Crippen MR) is 75.8 cm³/mol. The van der Waals surface area contributed by atoms with Gasteiger partial charge in [-0.25, -0.2) is 0 Å². The van der Waals surface area contributed by atoms with Crippen molar-refractivity contribution in [1.29, 1.82) is 0 Å². The van der Waals surface area contributed by atoms with Crippen molar-refractivity contribution >= 4 is 0 Å². The standard InChI is InChI=1S/C16H25N3/c1-11(8-17)15-9-18-19(10-15)16-5-12-2-13(6-16)4-14(3-12)7-16/h9-14H,2-8,17H2,1H3. The van der Waals surface area contributed by atoms with Crippen LogP contribution in [0, 0.1) is 17.8 Å². The van der Waals surface area contributed by atoms with Crippen molar-refractivity contribution in [2.45, 2.75) is 56.9 Å². The lowest BCUT2D eigenvalue weighted by molar-refractivity contribution is -0.0494. The molecule has 1 aromatic rings.